The van der Waals surface area contributed by atoms with Crippen molar-refractivity contribution in [2.45, 2.75) is 31.1 Å². The number of nitrogens with zero attached hydrogens (tertiary/aromatic N) is 1. The minimum atomic E-state index is -0.790. The van der Waals surface area contributed by atoms with Gasteiger partial charge in [-0.15, -0.1) is 0 Å². The van der Waals surface area contributed by atoms with Crippen molar-refractivity contribution >= 4 is 11.8 Å². The number of hydrogen-bond acceptors (Lipinski definition) is 4. The Morgan fingerprint density at radius 3 is 2.76 bits per heavy atom. The smallest absolute Gasteiger partial charge is 0.248 e. The van der Waals surface area contributed by atoms with Gasteiger partial charge >= 0.3 is 0 Å². The average Bonchev–Trinajstić information content (AvgIpc) is 2.95. The van der Waals surface area contributed by atoms with E-state index in [0.717, 1.165) is 0 Å². The summed E-state index contributed by atoms with van der Waals surface area (Å²) in [6, 6.07) is 8.91. The van der Waals surface area contributed by atoms with Crippen LogP contribution in [0, 0.1) is 0 Å². The van der Waals surface area contributed by atoms with Gasteiger partial charge in [0.2, 0.25) is 11.8 Å². The maximum absolute atomic E-state index is 12.1. The number of rotatable bonds is 4. The first-order valence-corrected chi connectivity index (χ1v) is 7.18. The molecule has 2 aliphatic heterocycles. The quantitative estimate of drug-likeness (QED) is 0.680. The van der Waals surface area contributed by atoms with E-state index >= 15 is 0 Å². The third-order valence-corrected chi connectivity index (χ3v) is 4.12. The SMILES string of the molecule is O=C1N[C@@H](CO)C(=O)N2C[C@@H](NCc3ccccc3)C[C@@H]12. The van der Waals surface area contributed by atoms with Gasteiger partial charge in [0.15, 0.2) is 0 Å². The van der Waals surface area contributed by atoms with Crippen LogP contribution < -0.4 is 10.6 Å². The zero-order chi connectivity index (χ0) is 14.8. The first-order valence-electron chi connectivity index (χ1n) is 7.18. The van der Waals surface area contributed by atoms with E-state index in [4.69, 9.17) is 5.11 Å². The van der Waals surface area contributed by atoms with Crippen LogP contribution in [-0.2, 0) is 16.1 Å². The number of fused-ring (bicyclic) bond motifs is 1. The second-order valence-electron chi connectivity index (χ2n) is 5.55. The molecule has 21 heavy (non-hydrogen) atoms. The van der Waals surface area contributed by atoms with Crippen molar-refractivity contribution in [2.75, 3.05) is 13.2 Å². The van der Waals surface area contributed by atoms with E-state index in [-0.39, 0.29) is 24.5 Å². The summed E-state index contributed by atoms with van der Waals surface area (Å²) in [5, 5.41) is 15.1. The maximum atomic E-state index is 12.1. The Hall–Kier alpha value is -1.92. The molecular formula is C15H19N3O3. The molecule has 2 amide bonds. The molecule has 112 valence electrons. The lowest BCUT2D eigenvalue weighted by molar-refractivity contribution is -0.148. The van der Waals surface area contributed by atoms with Gasteiger partial charge in [-0.05, 0) is 12.0 Å². The topological polar surface area (TPSA) is 81.7 Å². The lowest BCUT2D eigenvalue weighted by Gasteiger charge is -2.33. The molecule has 3 N–H and O–H groups in total. The minimum Gasteiger partial charge on any atom is -0.394 e. The van der Waals surface area contributed by atoms with Gasteiger partial charge in [-0.2, -0.15) is 0 Å². The van der Waals surface area contributed by atoms with Crippen molar-refractivity contribution in [1.29, 1.82) is 0 Å². The van der Waals surface area contributed by atoms with Gasteiger partial charge in [0.1, 0.15) is 12.1 Å². The maximum Gasteiger partial charge on any atom is 0.248 e. The predicted molar refractivity (Wildman–Crippen MR) is 76.2 cm³/mol. The fourth-order valence-electron chi connectivity index (χ4n) is 2.99. The number of carbonyl (C=O) groups excluding carboxylic acids is 2. The standard InChI is InChI=1S/C15H19N3O3/c19-9-12-15(21)18-8-11(6-13(18)14(20)17-12)16-7-10-4-2-1-3-5-10/h1-5,11-13,16,19H,6-9H2,(H,17,20)/t11-,12-,13-/m0/s1. The third kappa shape index (κ3) is 2.77. The number of aliphatic hydroxyl groups is 1. The Labute approximate surface area is 123 Å². The van der Waals surface area contributed by atoms with Gasteiger partial charge in [0.05, 0.1) is 6.61 Å². The molecule has 2 saturated heterocycles. The lowest BCUT2D eigenvalue weighted by atomic mass is 10.1. The molecule has 6 nitrogen and oxygen atoms in total. The van der Waals surface area contributed by atoms with Crippen LogP contribution in [0.1, 0.15) is 12.0 Å². The number of nitrogens with one attached hydrogen (secondary N) is 2. The molecule has 1 aromatic carbocycles. The van der Waals surface area contributed by atoms with E-state index in [2.05, 4.69) is 10.6 Å². The number of amides is 2. The summed E-state index contributed by atoms with van der Waals surface area (Å²) in [6.07, 6.45) is 0.614. The van der Waals surface area contributed by atoms with E-state index in [1.54, 1.807) is 4.90 Å². The molecular weight excluding hydrogens is 270 g/mol. The largest absolute Gasteiger partial charge is 0.394 e. The normalized spacial score (nSPS) is 28.4. The Balaban J connectivity index is 1.61. The molecule has 0 saturated carbocycles. The second kappa shape index (κ2) is 5.83. The van der Waals surface area contributed by atoms with Crippen molar-refractivity contribution in [3.63, 3.8) is 0 Å². The summed E-state index contributed by atoms with van der Waals surface area (Å²) < 4.78 is 0. The van der Waals surface area contributed by atoms with Gasteiger partial charge in [0, 0.05) is 19.1 Å². The number of piperazine rings is 1. The first kappa shape index (κ1) is 14.0. The molecule has 2 fully saturated rings. The van der Waals surface area contributed by atoms with Crippen molar-refractivity contribution < 1.29 is 14.7 Å². The van der Waals surface area contributed by atoms with Gasteiger partial charge in [-0.25, -0.2) is 0 Å². The fourth-order valence-corrected chi connectivity index (χ4v) is 2.99. The summed E-state index contributed by atoms with van der Waals surface area (Å²) in [7, 11) is 0. The van der Waals surface area contributed by atoms with Crippen molar-refractivity contribution in [2.24, 2.45) is 0 Å². The summed E-state index contributed by atoms with van der Waals surface area (Å²) in [6.45, 7) is 0.876. The molecule has 2 aliphatic rings. The molecule has 0 spiro atoms. The summed E-state index contributed by atoms with van der Waals surface area (Å²) in [5.74, 6) is -0.358. The number of carbonyl (C=O) groups is 2. The van der Waals surface area contributed by atoms with E-state index in [1.165, 1.54) is 5.56 Å². The van der Waals surface area contributed by atoms with Crippen molar-refractivity contribution in [1.82, 2.24) is 15.5 Å². The molecule has 6 heteroatoms. The summed E-state index contributed by atoms with van der Waals surface area (Å²) in [5.41, 5.74) is 1.17. The van der Waals surface area contributed by atoms with Gasteiger partial charge in [0.25, 0.3) is 0 Å². The molecule has 1 aromatic rings. The number of aliphatic hydroxyl groups excluding tert-OH is 1. The Bertz CT molecular complexity index is 534. The average molecular weight is 289 g/mol. The summed E-state index contributed by atoms with van der Waals surface area (Å²) >= 11 is 0. The highest BCUT2D eigenvalue weighted by atomic mass is 16.3. The Kier molecular flexibility index (Phi) is 3.90. The predicted octanol–water partition coefficient (Wildman–Crippen LogP) is -0.764. The second-order valence-corrected chi connectivity index (χ2v) is 5.55. The first-order chi connectivity index (χ1) is 10.2. The van der Waals surface area contributed by atoms with Crippen LogP contribution in [0.25, 0.3) is 0 Å². The van der Waals surface area contributed by atoms with Crippen LogP contribution >= 0.6 is 0 Å². The molecule has 0 aromatic heterocycles. The molecule has 0 unspecified atom stereocenters. The third-order valence-electron chi connectivity index (χ3n) is 4.12. The molecule has 3 atom stereocenters. The Morgan fingerprint density at radius 1 is 1.29 bits per heavy atom. The van der Waals surface area contributed by atoms with E-state index in [1.807, 2.05) is 30.3 Å². The van der Waals surface area contributed by atoms with Gasteiger partial charge in [-0.3, -0.25) is 9.59 Å². The van der Waals surface area contributed by atoms with E-state index < -0.39 is 12.1 Å². The highest BCUT2D eigenvalue weighted by Gasteiger charge is 2.45. The highest BCUT2D eigenvalue weighted by molar-refractivity contribution is 5.97. The van der Waals surface area contributed by atoms with Crippen LogP contribution in [-0.4, -0.2) is 53.1 Å². The van der Waals surface area contributed by atoms with E-state index in [9.17, 15) is 9.59 Å². The minimum absolute atomic E-state index is 0.0994. The van der Waals surface area contributed by atoms with Crippen LogP contribution in [0.5, 0.6) is 0 Å². The van der Waals surface area contributed by atoms with Gasteiger partial charge < -0.3 is 20.6 Å². The molecule has 0 radical (unpaired) electrons. The highest BCUT2D eigenvalue weighted by Crippen LogP contribution is 2.22. The fraction of sp³-hybridized carbons (Fsp3) is 0.467. The molecule has 0 aliphatic carbocycles. The molecule has 2 heterocycles. The summed E-state index contributed by atoms with van der Waals surface area (Å²) in [4.78, 5) is 25.7. The zero-order valence-corrected chi connectivity index (χ0v) is 11.7. The number of hydrogen-bond donors (Lipinski definition) is 3. The van der Waals surface area contributed by atoms with Crippen LogP contribution in [0.2, 0.25) is 0 Å². The number of benzene rings is 1. The van der Waals surface area contributed by atoms with Crippen molar-refractivity contribution in [3.05, 3.63) is 35.9 Å². The van der Waals surface area contributed by atoms with Crippen LogP contribution in [0.3, 0.4) is 0 Å². The van der Waals surface area contributed by atoms with Crippen molar-refractivity contribution in [3.8, 4) is 0 Å². The van der Waals surface area contributed by atoms with Crippen LogP contribution in [0.15, 0.2) is 30.3 Å². The zero-order valence-electron chi connectivity index (χ0n) is 11.7. The molecule has 3 rings (SSSR count). The molecule has 0 bridgehead atoms. The lowest BCUT2D eigenvalue weighted by Crippen LogP contribution is -2.62. The van der Waals surface area contributed by atoms with Gasteiger partial charge in [-0.1, -0.05) is 30.3 Å². The van der Waals surface area contributed by atoms with Crippen LogP contribution in [0.4, 0.5) is 0 Å². The van der Waals surface area contributed by atoms with E-state index in [0.29, 0.717) is 19.5 Å². The monoisotopic (exact) mass is 289 g/mol. The Morgan fingerprint density at radius 2 is 2.05 bits per heavy atom.